The van der Waals surface area contributed by atoms with E-state index in [1.54, 1.807) is 0 Å². The normalized spacial score (nSPS) is 20.3. The van der Waals surface area contributed by atoms with E-state index in [0.29, 0.717) is 18.2 Å². The molecule has 1 heterocycles. The number of phenols is 1. The van der Waals surface area contributed by atoms with E-state index in [9.17, 15) is 14.3 Å². The van der Waals surface area contributed by atoms with Crippen molar-refractivity contribution in [2.24, 2.45) is 0 Å². The molecule has 1 unspecified atom stereocenters. The molecule has 1 saturated heterocycles. The average Bonchev–Trinajstić information content (AvgIpc) is 2.69. The van der Waals surface area contributed by atoms with Crippen molar-refractivity contribution in [3.63, 3.8) is 0 Å². The molecule has 1 aromatic carbocycles. The van der Waals surface area contributed by atoms with Gasteiger partial charge in [-0.3, -0.25) is 9.69 Å². The van der Waals surface area contributed by atoms with E-state index >= 15 is 0 Å². The number of rotatable bonds is 3. The Morgan fingerprint density at radius 3 is 2.83 bits per heavy atom. The zero-order chi connectivity index (χ0) is 13.3. The van der Waals surface area contributed by atoms with Gasteiger partial charge in [0.15, 0.2) is 5.78 Å². The standard InChI is InChI=1S/C14H18FNO2/c1-9-4-3-5-16(9)8-11-6-12(15)7-13(10(2)17)14(11)18/h6-7,9,18H,3-5,8H2,1-2H3. The average molecular weight is 251 g/mol. The van der Waals surface area contributed by atoms with Crippen LogP contribution in [0.2, 0.25) is 0 Å². The highest BCUT2D eigenvalue weighted by Crippen LogP contribution is 2.28. The van der Waals surface area contributed by atoms with Crippen LogP contribution in [-0.4, -0.2) is 28.4 Å². The van der Waals surface area contributed by atoms with Crippen LogP contribution in [-0.2, 0) is 6.54 Å². The van der Waals surface area contributed by atoms with Crippen molar-refractivity contribution >= 4 is 5.78 Å². The first-order valence-corrected chi connectivity index (χ1v) is 6.25. The molecule has 0 radical (unpaired) electrons. The summed E-state index contributed by atoms with van der Waals surface area (Å²) in [6, 6.07) is 2.84. The minimum Gasteiger partial charge on any atom is -0.507 e. The fourth-order valence-corrected chi connectivity index (χ4v) is 2.49. The number of likely N-dealkylation sites (tertiary alicyclic amines) is 1. The maximum Gasteiger partial charge on any atom is 0.163 e. The molecule has 1 aromatic rings. The third kappa shape index (κ3) is 2.53. The number of phenolic OH excluding ortho intramolecular Hbond substituents is 1. The monoisotopic (exact) mass is 251 g/mol. The maximum absolute atomic E-state index is 13.5. The van der Waals surface area contributed by atoms with Crippen molar-refractivity contribution < 1.29 is 14.3 Å². The first-order chi connectivity index (χ1) is 8.49. The van der Waals surface area contributed by atoms with Gasteiger partial charge in [0.25, 0.3) is 0 Å². The van der Waals surface area contributed by atoms with Gasteiger partial charge in [-0.25, -0.2) is 4.39 Å². The Morgan fingerprint density at radius 2 is 2.28 bits per heavy atom. The molecule has 1 aliphatic rings. The summed E-state index contributed by atoms with van der Waals surface area (Å²) in [6.07, 6.45) is 2.24. The Kier molecular flexibility index (Phi) is 3.66. The summed E-state index contributed by atoms with van der Waals surface area (Å²) in [4.78, 5) is 13.5. The van der Waals surface area contributed by atoms with Crippen molar-refractivity contribution in [1.82, 2.24) is 4.90 Å². The molecule has 0 amide bonds. The maximum atomic E-state index is 13.5. The van der Waals surface area contributed by atoms with Gasteiger partial charge in [-0.2, -0.15) is 0 Å². The number of Topliss-reactive ketones (excluding diaryl/α,β-unsaturated/α-hetero) is 1. The Hall–Kier alpha value is -1.42. The second-order valence-electron chi connectivity index (χ2n) is 4.98. The zero-order valence-electron chi connectivity index (χ0n) is 10.7. The number of carbonyl (C=O) groups is 1. The van der Waals surface area contributed by atoms with Gasteiger partial charge < -0.3 is 5.11 Å². The highest BCUT2D eigenvalue weighted by molar-refractivity contribution is 5.97. The summed E-state index contributed by atoms with van der Waals surface area (Å²) in [7, 11) is 0. The second-order valence-corrected chi connectivity index (χ2v) is 4.98. The number of carbonyl (C=O) groups excluding carboxylic acids is 1. The van der Waals surface area contributed by atoms with E-state index in [1.165, 1.54) is 13.0 Å². The van der Waals surface area contributed by atoms with E-state index < -0.39 is 5.82 Å². The van der Waals surface area contributed by atoms with Gasteiger partial charge in [-0.15, -0.1) is 0 Å². The predicted octanol–water partition coefficient (Wildman–Crippen LogP) is 2.72. The number of nitrogens with zero attached hydrogens (tertiary/aromatic N) is 1. The molecule has 4 heteroatoms. The lowest BCUT2D eigenvalue weighted by atomic mass is 10.0. The number of hydrogen-bond acceptors (Lipinski definition) is 3. The molecule has 1 aliphatic heterocycles. The number of ketones is 1. The lowest BCUT2D eigenvalue weighted by Crippen LogP contribution is -2.26. The van der Waals surface area contributed by atoms with Crippen molar-refractivity contribution in [2.45, 2.75) is 39.3 Å². The Bertz CT molecular complexity index is 473. The van der Waals surface area contributed by atoms with Crippen LogP contribution in [0, 0.1) is 5.82 Å². The van der Waals surface area contributed by atoms with Gasteiger partial charge in [-0.1, -0.05) is 0 Å². The Labute approximate surface area is 106 Å². The molecule has 98 valence electrons. The molecule has 1 N–H and O–H groups in total. The predicted molar refractivity (Wildman–Crippen MR) is 67.2 cm³/mol. The first kappa shape index (κ1) is 13.0. The van der Waals surface area contributed by atoms with Crippen molar-refractivity contribution in [2.75, 3.05) is 6.54 Å². The fourth-order valence-electron chi connectivity index (χ4n) is 2.49. The third-order valence-electron chi connectivity index (χ3n) is 3.60. The first-order valence-electron chi connectivity index (χ1n) is 6.25. The molecule has 18 heavy (non-hydrogen) atoms. The lowest BCUT2D eigenvalue weighted by Gasteiger charge is -2.22. The molecule has 0 aromatic heterocycles. The van der Waals surface area contributed by atoms with Gasteiger partial charge in [0.2, 0.25) is 0 Å². The van der Waals surface area contributed by atoms with Gasteiger partial charge in [-0.05, 0) is 45.4 Å². The molecular formula is C14H18FNO2. The molecule has 2 rings (SSSR count). The van der Waals surface area contributed by atoms with Crippen molar-refractivity contribution in [1.29, 1.82) is 0 Å². The van der Waals surface area contributed by atoms with Crippen LogP contribution in [0.4, 0.5) is 4.39 Å². The lowest BCUT2D eigenvalue weighted by molar-refractivity contribution is 0.101. The van der Waals surface area contributed by atoms with E-state index in [-0.39, 0.29) is 17.1 Å². The second kappa shape index (κ2) is 5.06. The van der Waals surface area contributed by atoms with Crippen LogP contribution in [0.15, 0.2) is 12.1 Å². The van der Waals surface area contributed by atoms with Gasteiger partial charge in [0.1, 0.15) is 11.6 Å². The van der Waals surface area contributed by atoms with Crippen LogP contribution in [0.5, 0.6) is 5.75 Å². The van der Waals surface area contributed by atoms with Gasteiger partial charge in [0.05, 0.1) is 5.56 Å². The van der Waals surface area contributed by atoms with Crippen LogP contribution in [0.25, 0.3) is 0 Å². The quantitative estimate of drug-likeness (QED) is 0.840. The SMILES string of the molecule is CC(=O)c1cc(F)cc(CN2CCCC2C)c1O. The third-order valence-corrected chi connectivity index (χ3v) is 3.60. The molecular weight excluding hydrogens is 233 g/mol. The summed E-state index contributed by atoms with van der Waals surface area (Å²) in [5.74, 6) is -0.870. The molecule has 0 saturated carbocycles. The number of aromatic hydroxyl groups is 1. The summed E-state index contributed by atoms with van der Waals surface area (Å²) < 4.78 is 13.5. The van der Waals surface area contributed by atoms with Crippen LogP contribution < -0.4 is 0 Å². The van der Waals surface area contributed by atoms with E-state index in [0.717, 1.165) is 25.5 Å². The summed E-state index contributed by atoms with van der Waals surface area (Å²) in [5.41, 5.74) is 0.561. The van der Waals surface area contributed by atoms with Crippen molar-refractivity contribution in [3.8, 4) is 5.75 Å². The summed E-state index contributed by atoms with van der Waals surface area (Å²) in [6.45, 7) is 4.89. The zero-order valence-corrected chi connectivity index (χ0v) is 10.7. The van der Waals surface area contributed by atoms with Gasteiger partial charge >= 0.3 is 0 Å². The summed E-state index contributed by atoms with van der Waals surface area (Å²) >= 11 is 0. The number of halogens is 1. The fraction of sp³-hybridized carbons (Fsp3) is 0.500. The highest BCUT2D eigenvalue weighted by atomic mass is 19.1. The smallest absolute Gasteiger partial charge is 0.163 e. The molecule has 1 atom stereocenters. The number of hydrogen-bond donors (Lipinski definition) is 1. The topological polar surface area (TPSA) is 40.5 Å². The van der Waals surface area contributed by atoms with Crippen LogP contribution in [0.3, 0.4) is 0 Å². The Balaban J connectivity index is 2.29. The largest absolute Gasteiger partial charge is 0.507 e. The van der Waals surface area contributed by atoms with Crippen LogP contribution in [0.1, 0.15) is 42.6 Å². The molecule has 0 aliphatic carbocycles. The molecule has 3 nitrogen and oxygen atoms in total. The van der Waals surface area contributed by atoms with Crippen LogP contribution >= 0.6 is 0 Å². The molecule has 1 fully saturated rings. The highest BCUT2D eigenvalue weighted by Gasteiger charge is 2.22. The number of benzene rings is 1. The van der Waals surface area contributed by atoms with E-state index in [4.69, 9.17) is 0 Å². The van der Waals surface area contributed by atoms with E-state index in [2.05, 4.69) is 11.8 Å². The molecule has 0 spiro atoms. The van der Waals surface area contributed by atoms with Crippen molar-refractivity contribution in [3.05, 3.63) is 29.1 Å². The molecule has 0 bridgehead atoms. The Morgan fingerprint density at radius 1 is 1.56 bits per heavy atom. The summed E-state index contributed by atoms with van der Waals surface area (Å²) in [5, 5.41) is 10.0. The van der Waals surface area contributed by atoms with E-state index in [1.807, 2.05) is 0 Å². The van der Waals surface area contributed by atoms with Gasteiger partial charge in [0, 0.05) is 18.2 Å². The minimum atomic E-state index is -0.472. The minimum absolute atomic E-state index is 0.0665.